The minimum atomic E-state index is -0.366. The molecule has 8 heteroatoms. The van der Waals surface area contributed by atoms with E-state index in [1.807, 2.05) is 31.2 Å². The molecule has 7 nitrogen and oxygen atoms in total. The van der Waals surface area contributed by atoms with Crippen molar-refractivity contribution >= 4 is 28.7 Å². The van der Waals surface area contributed by atoms with Crippen LogP contribution in [0.3, 0.4) is 0 Å². The maximum Gasteiger partial charge on any atom is 0.241 e. The van der Waals surface area contributed by atoms with Crippen LogP contribution in [0, 0.1) is 6.92 Å². The first kappa shape index (κ1) is 23.7. The molecule has 1 N–H and O–H groups in total. The van der Waals surface area contributed by atoms with Gasteiger partial charge in [-0.1, -0.05) is 49.9 Å². The molecule has 1 heterocycles. The van der Waals surface area contributed by atoms with E-state index in [0.717, 1.165) is 16.9 Å². The second-order valence-corrected chi connectivity index (χ2v) is 8.95. The first-order valence-corrected chi connectivity index (χ1v) is 11.4. The van der Waals surface area contributed by atoms with E-state index >= 15 is 0 Å². The summed E-state index contributed by atoms with van der Waals surface area (Å²) in [5.41, 5.74) is 3.19. The Morgan fingerprint density at radius 1 is 1.12 bits per heavy atom. The highest BCUT2D eigenvalue weighted by Crippen LogP contribution is 2.39. The number of benzene rings is 2. The van der Waals surface area contributed by atoms with E-state index in [1.54, 1.807) is 0 Å². The van der Waals surface area contributed by atoms with E-state index in [4.69, 9.17) is 9.47 Å². The van der Waals surface area contributed by atoms with Crippen LogP contribution in [-0.2, 0) is 9.59 Å². The van der Waals surface area contributed by atoms with Crippen LogP contribution in [0.5, 0.6) is 11.5 Å². The Bertz CT molecular complexity index is 1020. The standard InChI is InChI=1S/C24H29N3O4S/c1-15(2)21-10-9-16(3)13-22(21)31-12-11-30-20-8-6-7-19(14-20)23-27(18(5)29)26-24(32-23)25-17(4)28/h6-10,13-15,23H,11-12H2,1-5H3,(H,25,26,28)/t23-/m1/s1. The van der Waals surface area contributed by atoms with Crippen LogP contribution in [0.4, 0.5) is 0 Å². The molecule has 1 atom stereocenters. The lowest BCUT2D eigenvalue weighted by Gasteiger charge is -2.20. The fourth-order valence-electron chi connectivity index (χ4n) is 3.29. The number of hydrogen-bond acceptors (Lipinski definition) is 6. The zero-order valence-electron chi connectivity index (χ0n) is 19.0. The number of carbonyl (C=O) groups is 2. The summed E-state index contributed by atoms with van der Waals surface area (Å²) >= 11 is 1.31. The minimum Gasteiger partial charge on any atom is -0.490 e. The summed E-state index contributed by atoms with van der Waals surface area (Å²) < 4.78 is 11.9. The third kappa shape index (κ3) is 6.03. The fraction of sp³-hybridized carbons (Fsp3) is 0.375. The van der Waals surface area contributed by atoms with Crippen molar-refractivity contribution in [1.82, 2.24) is 10.3 Å². The van der Waals surface area contributed by atoms with Crippen molar-refractivity contribution in [3.8, 4) is 11.5 Å². The number of rotatable bonds is 7. The van der Waals surface area contributed by atoms with E-state index in [-0.39, 0.29) is 17.2 Å². The lowest BCUT2D eigenvalue weighted by Crippen LogP contribution is -2.25. The molecule has 0 saturated carbocycles. The second kappa shape index (κ2) is 10.5. The topological polar surface area (TPSA) is 80.2 Å². The van der Waals surface area contributed by atoms with Crippen LogP contribution in [0.25, 0.3) is 0 Å². The quantitative estimate of drug-likeness (QED) is 0.618. The molecule has 0 spiro atoms. The van der Waals surface area contributed by atoms with Gasteiger partial charge in [0.05, 0.1) is 0 Å². The highest BCUT2D eigenvalue weighted by Gasteiger charge is 2.32. The van der Waals surface area contributed by atoms with Crippen LogP contribution in [0.2, 0.25) is 0 Å². The van der Waals surface area contributed by atoms with Crippen LogP contribution in [-0.4, -0.2) is 35.2 Å². The lowest BCUT2D eigenvalue weighted by atomic mass is 10.0. The summed E-state index contributed by atoms with van der Waals surface area (Å²) in [6.07, 6.45) is 0. The van der Waals surface area contributed by atoms with Gasteiger partial charge in [-0.05, 0) is 47.7 Å². The van der Waals surface area contributed by atoms with E-state index in [9.17, 15) is 9.59 Å². The molecule has 0 aliphatic carbocycles. The van der Waals surface area contributed by atoms with E-state index in [2.05, 4.69) is 42.5 Å². The van der Waals surface area contributed by atoms with Gasteiger partial charge in [0.25, 0.3) is 0 Å². The normalized spacial score (nSPS) is 15.5. The van der Waals surface area contributed by atoms with Crippen molar-refractivity contribution < 1.29 is 19.1 Å². The number of hydrazone groups is 1. The molecule has 1 aliphatic rings. The van der Waals surface area contributed by atoms with Crippen LogP contribution >= 0.6 is 11.8 Å². The molecule has 2 aromatic rings. The zero-order valence-corrected chi connectivity index (χ0v) is 19.9. The average Bonchev–Trinajstić information content (AvgIpc) is 3.15. The molecule has 0 saturated heterocycles. The molecule has 2 amide bonds. The van der Waals surface area contributed by atoms with Crippen molar-refractivity contribution in [3.05, 3.63) is 59.2 Å². The van der Waals surface area contributed by atoms with Gasteiger partial charge >= 0.3 is 0 Å². The highest BCUT2D eigenvalue weighted by atomic mass is 32.2. The first-order valence-electron chi connectivity index (χ1n) is 10.5. The molecular formula is C24H29N3O4S. The second-order valence-electron chi connectivity index (χ2n) is 7.89. The molecule has 1 aliphatic heterocycles. The number of aryl methyl sites for hydroxylation is 1. The SMILES string of the molecule is CC(=O)NC1=NN(C(C)=O)[C@@H](c2cccc(OCCOc3cc(C)ccc3C(C)C)c2)S1. The predicted octanol–water partition coefficient (Wildman–Crippen LogP) is 4.58. The number of nitrogens with zero attached hydrogens (tertiary/aromatic N) is 2. The van der Waals surface area contributed by atoms with Gasteiger partial charge in [0, 0.05) is 13.8 Å². The van der Waals surface area contributed by atoms with Gasteiger partial charge in [-0.15, -0.1) is 5.10 Å². The average molecular weight is 456 g/mol. The van der Waals surface area contributed by atoms with Crippen LogP contribution < -0.4 is 14.8 Å². The van der Waals surface area contributed by atoms with Crippen molar-refractivity contribution in [2.75, 3.05) is 13.2 Å². The molecule has 0 aromatic heterocycles. The van der Waals surface area contributed by atoms with Gasteiger partial charge in [0.15, 0.2) is 5.17 Å². The van der Waals surface area contributed by atoms with Crippen molar-refractivity contribution in [3.63, 3.8) is 0 Å². The van der Waals surface area contributed by atoms with Crippen LogP contribution in [0.15, 0.2) is 47.6 Å². The van der Waals surface area contributed by atoms with Gasteiger partial charge in [-0.2, -0.15) is 0 Å². The molecular weight excluding hydrogens is 426 g/mol. The maximum absolute atomic E-state index is 12.0. The monoisotopic (exact) mass is 455 g/mol. The predicted molar refractivity (Wildman–Crippen MR) is 127 cm³/mol. The Morgan fingerprint density at radius 2 is 1.88 bits per heavy atom. The number of nitrogens with one attached hydrogen (secondary N) is 1. The van der Waals surface area contributed by atoms with Gasteiger partial charge in [-0.3, -0.25) is 9.59 Å². The van der Waals surface area contributed by atoms with E-state index < -0.39 is 0 Å². The van der Waals surface area contributed by atoms with Gasteiger partial charge in [-0.25, -0.2) is 5.01 Å². The number of thioether (sulfide) groups is 1. The third-order valence-corrected chi connectivity index (χ3v) is 5.90. The van der Waals surface area contributed by atoms with E-state index in [0.29, 0.717) is 30.0 Å². The fourth-order valence-corrected chi connectivity index (χ4v) is 4.42. The molecule has 0 unspecified atom stereocenters. The smallest absolute Gasteiger partial charge is 0.241 e. The van der Waals surface area contributed by atoms with Crippen molar-refractivity contribution in [2.45, 2.75) is 45.9 Å². The Morgan fingerprint density at radius 3 is 2.56 bits per heavy atom. The summed E-state index contributed by atoms with van der Waals surface area (Å²) in [7, 11) is 0. The Labute approximate surface area is 193 Å². The number of carbonyl (C=O) groups excluding carboxylic acids is 2. The molecule has 0 bridgehead atoms. The van der Waals surface area contributed by atoms with Crippen LogP contribution in [0.1, 0.15) is 55.7 Å². The number of ether oxygens (including phenoxy) is 2. The van der Waals surface area contributed by atoms with Gasteiger partial charge in [0.1, 0.15) is 30.1 Å². The summed E-state index contributed by atoms with van der Waals surface area (Å²) in [6, 6.07) is 13.8. The number of amides is 2. The Hall–Kier alpha value is -3.00. The zero-order chi connectivity index (χ0) is 23.3. The van der Waals surface area contributed by atoms with Crippen molar-refractivity contribution in [1.29, 1.82) is 0 Å². The molecule has 3 rings (SSSR count). The van der Waals surface area contributed by atoms with Gasteiger partial charge < -0.3 is 14.8 Å². The summed E-state index contributed by atoms with van der Waals surface area (Å²) in [5.74, 6) is 1.50. The Kier molecular flexibility index (Phi) is 7.80. The van der Waals surface area contributed by atoms with Gasteiger partial charge in [0.2, 0.25) is 11.8 Å². The largest absolute Gasteiger partial charge is 0.490 e. The Balaban J connectivity index is 1.62. The summed E-state index contributed by atoms with van der Waals surface area (Å²) in [4.78, 5) is 23.4. The minimum absolute atomic E-state index is 0.207. The third-order valence-electron chi connectivity index (χ3n) is 4.79. The number of amidine groups is 1. The maximum atomic E-state index is 12.0. The lowest BCUT2D eigenvalue weighted by molar-refractivity contribution is -0.129. The van der Waals surface area contributed by atoms with E-state index in [1.165, 1.54) is 36.2 Å². The first-order chi connectivity index (χ1) is 15.2. The molecule has 170 valence electrons. The molecule has 32 heavy (non-hydrogen) atoms. The molecule has 0 fully saturated rings. The summed E-state index contributed by atoms with van der Waals surface area (Å²) in [5, 5.41) is 8.27. The molecule has 0 radical (unpaired) electrons. The number of hydrogen-bond donors (Lipinski definition) is 1. The van der Waals surface area contributed by atoms with Crippen molar-refractivity contribution in [2.24, 2.45) is 5.10 Å². The highest BCUT2D eigenvalue weighted by molar-refractivity contribution is 8.14. The summed E-state index contributed by atoms with van der Waals surface area (Å²) in [6.45, 7) is 10.00. The molecule has 2 aromatic carbocycles.